The monoisotopic (exact) mass is 440 g/mol. The van der Waals surface area contributed by atoms with E-state index < -0.39 is 35.7 Å². The fourth-order valence-electron chi connectivity index (χ4n) is 1.46. The maximum Gasteiger partial charge on any atom is 0.303 e. The molecule has 8 N–H and O–H groups in total. The molecule has 0 aliphatic heterocycles. The molecule has 0 heterocycles. The van der Waals surface area contributed by atoms with E-state index in [4.69, 9.17) is 30.8 Å². The van der Waals surface area contributed by atoms with Gasteiger partial charge in [-0.2, -0.15) is 0 Å². The van der Waals surface area contributed by atoms with E-state index in [1.54, 1.807) is 0 Å². The lowest BCUT2D eigenvalue weighted by atomic mass is 10.1. The smallest absolute Gasteiger partial charge is 0.303 e. The standard InChI is InChI=1S/C8H14O4.2C4H7NO4/c9-7(10)5-3-1-2-4-6-8(11)12;2*6-3(5-9)1-2-4(7)8/h1-6H2,(H,9,10)(H,11,12);2*9H,1-2H2,(H,5,6)(H,7,8). The number of amides is 2. The van der Waals surface area contributed by atoms with Crippen LogP contribution in [0, 0.1) is 0 Å². The molecular formula is C16H28N2O12. The second kappa shape index (κ2) is 22.0. The molecule has 0 spiro atoms. The Bertz CT molecular complexity index is 502. The zero-order valence-electron chi connectivity index (χ0n) is 16.2. The molecule has 14 heteroatoms. The topological polar surface area (TPSA) is 248 Å². The van der Waals surface area contributed by atoms with Gasteiger partial charge in [0.25, 0.3) is 0 Å². The quantitative estimate of drug-likeness (QED) is 0.109. The van der Waals surface area contributed by atoms with E-state index in [9.17, 15) is 28.8 Å². The fraction of sp³-hybridized carbons (Fsp3) is 0.625. The highest BCUT2D eigenvalue weighted by Crippen LogP contribution is 2.04. The zero-order valence-corrected chi connectivity index (χ0v) is 16.2. The summed E-state index contributed by atoms with van der Waals surface area (Å²) < 4.78 is 0. The van der Waals surface area contributed by atoms with Gasteiger partial charge < -0.3 is 20.4 Å². The summed E-state index contributed by atoms with van der Waals surface area (Å²) in [6, 6.07) is 0. The molecule has 0 radical (unpaired) electrons. The molecule has 0 aromatic rings. The first-order valence-electron chi connectivity index (χ1n) is 8.69. The predicted octanol–water partition coefficient (Wildman–Crippen LogP) is 0.209. The Hall–Kier alpha value is -3.26. The second-order valence-electron chi connectivity index (χ2n) is 5.56. The Labute approximate surface area is 171 Å². The van der Waals surface area contributed by atoms with Crippen LogP contribution in [0.15, 0.2) is 0 Å². The Balaban J connectivity index is -0.000000371. The van der Waals surface area contributed by atoms with Crippen LogP contribution in [0.1, 0.15) is 64.2 Å². The summed E-state index contributed by atoms with van der Waals surface area (Å²) in [4.78, 5) is 59.8. The van der Waals surface area contributed by atoms with Crippen LogP contribution in [0.3, 0.4) is 0 Å². The van der Waals surface area contributed by atoms with Crippen LogP contribution < -0.4 is 11.0 Å². The number of carbonyl (C=O) groups is 6. The van der Waals surface area contributed by atoms with Gasteiger partial charge in [0.1, 0.15) is 0 Å². The zero-order chi connectivity index (χ0) is 23.9. The van der Waals surface area contributed by atoms with E-state index in [1.807, 2.05) is 0 Å². The average molecular weight is 440 g/mol. The van der Waals surface area contributed by atoms with Gasteiger partial charge in [0, 0.05) is 25.7 Å². The van der Waals surface area contributed by atoms with Gasteiger partial charge in [0.15, 0.2) is 0 Å². The summed E-state index contributed by atoms with van der Waals surface area (Å²) in [5.74, 6) is -5.05. The van der Waals surface area contributed by atoms with Gasteiger partial charge >= 0.3 is 23.9 Å². The van der Waals surface area contributed by atoms with Crippen molar-refractivity contribution in [2.45, 2.75) is 64.2 Å². The van der Waals surface area contributed by atoms with Crippen LogP contribution in [-0.2, 0) is 28.8 Å². The van der Waals surface area contributed by atoms with Crippen molar-refractivity contribution in [1.82, 2.24) is 11.0 Å². The lowest BCUT2D eigenvalue weighted by Crippen LogP contribution is -2.19. The molecule has 0 aromatic carbocycles. The number of nitrogens with one attached hydrogen (secondary N) is 2. The van der Waals surface area contributed by atoms with E-state index in [2.05, 4.69) is 0 Å². The van der Waals surface area contributed by atoms with Gasteiger partial charge in [-0.1, -0.05) is 12.8 Å². The highest BCUT2D eigenvalue weighted by Gasteiger charge is 2.02. The average Bonchev–Trinajstić information content (AvgIpc) is 2.67. The van der Waals surface area contributed by atoms with Gasteiger partial charge in [-0.15, -0.1) is 0 Å². The number of carboxylic acid groups (broad SMARTS) is 4. The Morgan fingerprint density at radius 1 is 0.433 bits per heavy atom. The molecule has 0 rings (SSSR count). The minimum absolute atomic E-state index is 0.188. The van der Waals surface area contributed by atoms with Crippen molar-refractivity contribution in [3.8, 4) is 0 Å². The van der Waals surface area contributed by atoms with Crippen LogP contribution in [0.25, 0.3) is 0 Å². The van der Waals surface area contributed by atoms with Crippen molar-refractivity contribution in [3.05, 3.63) is 0 Å². The molecule has 2 amide bonds. The van der Waals surface area contributed by atoms with E-state index in [-0.39, 0.29) is 38.5 Å². The highest BCUT2D eigenvalue weighted by molar-refractivity contribution is 5.80. The summed E-state index contributed by atoms with van der Waals surface area (Å²) in [6.07, 6.45) is 2.39. The fourth-order valence-corrected chi connectivity index (χ4v) is 1.46. The molecule has 0 bridgehead atoms. The largest absolute Gasteiger partial charge is 0.481 e. The van der Waals surface area contributed by atoms with E-state index in [0.717, 1.165) is 12.8 Å². The number of hydroxylamine groups is 2. The summed E-state index contributed by atoms with van der Waals surface area (Å²) in [5, 5.41) is 48.2. The Morgan fingerprint density at radius 2 is 0.700 bits per heavy atom. The van der Waals surface area contributed by atoms with Gasteiger partial charge in [0.2, 0.25) is 11.8 Å². The second-order valence-corrected chi connectivity index (χ2v) is 5.56. The summed E-state index contributed by atoms with van der Waals surface area (Å²) >= 11 is 0. The van der Waals surface area contributed by atoms with Crippen molar-refractivity contribution < 1.29 is 59.6 Å². The molecular weight excluding hydrogens is 412 g/mol. The molecule has 30 heavy (non-hydrogen) atoms. The van der Waals surface area contributed by atoms with Crippen molar-refractivity contribution in [2.75, 3.05) is 0 Å². The highest BCUT2D eigenvalue weighted by atomic mass is 16.5. The summed E-state index contributed by atoms with van der Waals surface area (Å²) in [5.41, 5.74) is 2.64. The first kappa shape index (κ1) is 31.4. The maximum atomic E-state index is 10.1. The van der Waals surface area contributed by atoms with E-state index in [0.29, 0.717) is 12.8 Å². The third kappa shape index (κ3) is 35.8. The van der Waals surface area contributed by atoms with E-state index >= 15 is 0 Å². The number of unbranched alkanes of at least 4 members (excludes halogenated alkanes) is 3. The Morgan fingerprint density at radius 3 is 0.900 bits per heavy atom. The third-order valence-corrected chi connectivity index (χ3v) is 2.91. The van der Waals surface area contributed by atoms with E-state index in [1.165, 1.54) is 11.0 Å². The lowest BCUT2D eigenvalue weighted by molar-refractivity contribution is -0.140. The molecule has 0 saturated heterocycles. The Kier molecular flexibility index (Phi) is 23.1. The summed E-state index contributed by atoms with van der Waals surface area (Å²) in [7, 11) is 0. The third-order valence-electron chi connectivity index (χ3n) is 2.91. The lowest BCUT2D eigenvalue weighted by Gasteiger charge is -1.96. The molecule has 0 aliphatic carbocycles. The van der Waals surface area contributed by atoms with Gasteiger partial charge in [-0.3, -0.25) is 39.2 Å². The molecule has 0 saturated carbocycles. The molecule has 0 fully saturated rings. The van der Waals surface area contributed by atoms with Crippen LogP contribution in [-0.4, -0.2) is 66.5 Å². The van der Waals surface area contributed by atoms with Crippen LogP contribution in [0.5, 0.6) is 0 Å². The molecule has 14 nitrogen and oxygen atoms in total. The number of hydrogen-bond donors (Lipinski definition) is 8. The molecule has 0 aromatic heterocycles. The minimum atomic E-state index is -1.06. The number of carboxylic acids is 4. The number of hydrogen-bond acceptors (Lipinski definition) is 8. The minimum Gasteiger partial charge on any atom is -0.481 e. The normalized spacial score (nSPS) is 9.00. The van der Waals surface area contributed by atoms with Crippen LogP contribution >= 0.6 is 0 Å². The first-order valence-corrected chi connectivity index (χ1v) is 8.69. The molecule has 0 aliphatic rings. The van der Waals surface area contributed by atoms with Crippen molar-refractivity contribution >= 4 is 35.7 Å². The number of carbonyl (C=O) groups excluding carboxylic acids is 2. The molecule has 0 atom stereocenters. The maximum absolute atomic E-state index is 10.1. The number of aliphatic carboxylic acids is 4. The van der Waals surface area contributed by atoms with Gasteiger partial charge in [-0.25, -0.2) is 11.0 Å². The number of rotatable bonds is 13. The molecule has 174 valence electrons. The SMILES string of the molecule is O=C(O)CCC(=O)NO.O=C(O)CCC(=O)NO.O=C(O)CCCCCCC(=O)O. The predicted molar refractivity (Wildman–Crippen MR) is 96.6 cm³/mol. The van der Waals surface area contributed by atoms with Gasteiger partial charge in [-0.05, 0) is 12.8 Å². The molecule has 0 unspecified atom stereocenters. The van der Waals surface area contributed by atoms with Crippen molar-refractivity contribution in [3.63, 3.8) is 0 Å². The van der Waals surface area contributed by atoms with Crippen LogP contribution in [0.4, 0.5) is 0 Å². The van der Waals surface area contributed by atoms with Gasteiger partial charge in [0.05, 0.1) is 12.8 Å². The van der Waals surface area contributed by atoms with Crippen LogP contribution in [0.2, 0.25) is 0 Å². The first-order chi connectivity index (χ1) is 14.0. The summed E-state index contributed by atoms with van der Waals surface area (Å²) in [6.45, 7) is 0. The van der Waals surface area contributed by atoms with Crippen molar-refractivity contribution in [1.29, 1.82) is 0 Å². The van der Waals surface area contributed by atoms with Crippen molar-refractivity contribution in [2.24, 2.45) is 0 Å².